The normalized spacial score (nSPS) is 12.4. The van der Waals surface area contributed by atoms with Crippen LogP contribution < -0.4 is 10.7 Å². The second-order valence-corrected chi connectivity index (χ2v) is 8.44. The Morgan fingerprint density at radius 3 is 2.52 bits per heavy atom. The van der Waals surface area contributed by atoms with E-state index in [0.29, 0.717) is 27.4 Å². The molecule has 31 heavy (non-hydrogen) atoms. The van der Waals surface area contributed by atoms with Gasteiger partial charge in [-0.15, -0.1) is 0 Å². The standard InChI is InChI=1S/C24H25ClN4O2/c1-12-9-17(14(3)26-20-7-8-21(25)27-16(20)5)24-18(10-12)22(30)13(2)23(31-24)19-11-29(6)28-15(19)4/h7-11,14,26H,1-6H3/t14-/m1/s1. The lowest BCUT2D eigenvalue weighted by molar-refractivity contribution is 0.605. The summed E-state index contributed by atoms with van der Waals surface area (Å²) >= 11 is 6.00. The van der Waals surface area contributed by atoms with Gasteiger partial charge in [-0.05, 0) is 58.4 Å². The van der Waals surface area contributed by atoms with Crippen LogP contribution in [0.3, 0.4) is 0 Å². The van der Waals surface area contributed by atoms with Crippen LogP contribution in [-0.2, 0) is 7.05 Å². The van der Waals surface area contributed by atoms with Crippen LogP contribution in [0.1, 0.15) is 41.0 Å². The summed E-state index contributed by atoms with van der Waals surface area (Å²) in [5, 5.41) is 8.92. The molecule has 7 heteroatoms. The van der Waals surface area contributed by atoms with E-state index >= 15 is 0 Å². The second kappa shape index (κ2) is 7.85. The number of fused-ring (bicyclic) bond motifs is 1. The van der Waals surface area contributed by atoms with Gasteiger partial charge in [-0.3, -0.25) is 9.48 Å². The Morgan fingerprint density at radius 2 is 1.87 bits per heavy atom. The molecule has 0 amide bonds. The summed E-state index contributed by atoms with van der Waals surface area (Å²) in [6, 6.07) is 7.47. The molecule has 160 valence electrons. The van der Waals surface area contributed by atoms with Crippen molar-refractivity contribution in [1.29, 1.82) is 0 Å². The number of hydrogen-bond acceptors (Lipinski definition) is 5. The maximum atomic E-state index is 13.3. The number of halogens is 1. The zero-order valence-corrected chi connectivity index (χ0v) is 19.3. The summed E-state index contributed by atoms with van der Waals surface area (Å²) in [5.41, 5.74) is 6.37. The predicted octanol–water partition coefficient (Wildman–Crippen LogP) is 5.65. The van der Waals surface area contributed by atoms with Crippen LogP contribution in [0.2, 0.25) is 5.15 Å². The Labute approximate surface area is 185 Å². The van der Waals surface area contributed by atoms with Gasteiger partial charge in [0, 0.05) is 24.4 Å². The van der Waals surface area contributed by atoms with Gasteiger partial charge in [0.25, 0.3) is 0 Å². The molecule has 0 spiro atoms. The van der Waals surface area contributed by atoms with Crippen LogP contribution in [0.25, 0.3) is 22.3 Å². The average molecular weight is 437 g/mol. The van der Waals surface area contributed by atoms with E-state index in [2.05, 4.69) is 21.5 Å². The third kappa shape index (κ3) is 3.83. The third-order valence-corrected chi connectivity index (χ3v) is 5.75. The van der Waals surface area contributed by atoms with Crippen molar-refractivity contribution in [3.8, 4) is 11.3 Å². The number of benzene rings is 1. The lowest BCUT2D eigenvalue weighted by Gasteiger charge is -2.19. The highest BCUT2D eigenvalue weighted by Crippen LogP contribution is 2.33. The van der Waals surface area contributed by atoms with Crippen LogP contribution in [0.15, 0.2) is 39.7 Å². The van der Waals surface area contributed by atoms with E-state index in [1.165, 1.54) is 0 Å². The summed E-state index contributed by atoms with van der Waals surface area (Å²) in [6.45, 7) is 9.65. The van der Waals surface area contributed by atoms with Crippen molar-refractivity contribution in [2.45, 2.75) is 40.7 Å². The fraction of sp³-hybridized carbons (Fsp3) is 0.292. The molecule has 3 aromatic heterocycles. The molecule has 6 nitrogen and oxygen atoms in total. The molecule has 0 aliphatic carbocycles. The van der Waals surface area contributed by atoms with Gasteiger partial charge >= 0.3 is 0 Å². The molecule has 0 saturated carbocycles. The maximum absolute atomic E-state index is 13.3. The molecule has 0 bridgehead atoms. The molecule has 1 atom stereocenters. The lowest BCUT2D eigenvalue weighted by Crippen LogP contribution is -2.13. The van der Waals surface area contributed by atoms with Crippen molar-refractivity contribution in [2.24, 2.45) is 7.05 Å². The molecule has 3 heterocycles. The van der Waals surface area contributed by atoms with Gasteiger partial charge in [0.1, 0.15) is 16.5 Å². The Morgan fingerprint density at radius 1 is 1.13 bits per heavy atom. The molecule has 0 aliphatic heterocycles. The predicted molar refractivity (Wildman–Crippen MR) is 125 cm³/mol. The number of pyridine rings is 1. The Balaban J connectivity index is 1.90. The van der Waals surface area contributed by atoms with Crippen LogP contribution in [-0.4, -0.2) is 14.8 Å². The van der Waals surface area contributed by atoms with Gasteiger partial charge in [0.05, 0.1) is 34.1 Å². The molecular weight excluding hydrogens is 412 g/mol. The van der Waals surface area contributed by atoms with E-state index in [0.717, 1.165) is 33.8 Å². The van der Waals surface area contributed by atoms with Crippen molar-refractivity contribution in [1.82, 2.24) is 14.8 Å². The minimum Gasteiger partial charge on any atom is -0.455 e. The van der Waals surface area contributed by atoms with Crippen molar-refractivity contribution in [2.75, 3.05) is 5.32 Å². The first-order valence-corrected chi connectivity index (χ1v) is 10.5. The molecule has 1 N–H and O–H groups in total. The average Bonchev–Trinajstić information content (AvgIpc) is 3.04. The summed E-state index contributed by atoms with van der Waals surface area (Å²) in [5.74, 6) is 0.560. The number of rotatable bonds is 4. The van der Waals surface area contributed by atoms with Gasteiger partial charge < -0.3 is 9.73 Å². The molecule has 1 aromatic carbocycles. The van der Waals surface area contributed by atoms with Crippen LogP contribution >= 0.6 is 11.6 Å². The number of anilines is 1. The van der Waals surface area contributed by atoms with Crippen LogP contribution in [0.4, 0.5) is 5.69 Å². The van der Waals surface area contributed by atoms with Crippen molar-refractivity contribution in [3.63, 3.8) is 0 Å². The third-order valence-electron chi connectivity index (χ3n) is 5.54. The van der Waals surface area contributed by atoms with Gasteiger partial charge in [-0.2, -0.15) is 5.10 Å². The lowest BCUT2D eigenvalue weighted by atomic mass is 9.99. The molecule has 0 fully saturated rings. The monoisotopic (exact) mass is 436 g/mol. The van der Waals surface area contributed by atoms with Crippen LogP contribution in [0.5, 0.6) is 0 Å². The van der Waals surface area contributed by atoms with Gasteiger partial charge in [0.15, 0.2) is 5.43 Å². The number of aromatic nitrogens is 3. The van der Waals surface area contributed by atoms with Gasteiger partial charge in [0.2, 0.25) is 0 Å². The van der Waals surface area contributed by atoms with E-state index in [-0.39, 0.29) is 11.5 Å². The van der Waals surface area contributed by atoms with Crippen molar-refractivity contribution < 1.29 is 4.42 Å². The number of aryl methyl sites for hydroxylation is 4. The zero-order valence-electron chi connectivity index (χ0n) is 18.5. The molecule has 4 aromatic rings. The highest BCUT2D eigenvalue weighted by molar-refractivity contribution is 6.29. The molecule has 0 radical (unpaired) electrons. The summed E-state index contributed by atoms with van der Waals surface area (Å²) in [4.78, 5) is 17.6. The van der Waals surface area contributed by atoms with E-state index in [4.69, 9.17) is 16.0 Å². The minimum absolute atomic E-state index is 0.0269. The molecular formula is C24H25ClN4O2. The zero-order chi connectivity index (χ0) is 22.4. The maximum Gasteiger partial charge on any atom is 0.196 e. The molecule has 4 rings (SSSR count). The summed E-state index contributed by atoms with van der Waals surface area (Å²) in [6.07, 6.45) is 1.88. The van der Waals surface area contributed by atoms with Gasteiger partial charge in [-0.1, -0.05) is 17.7 Å². The second-order valence-electron chi connectivity index (χ2n) is 8.05. The van der Waals surface area contributed by atoms with Crippen LogP contribution in [0, 0.1) is 27.7 Å². The first kappa shape index (κ1) is 21.1. The topological polar surface area (TPSA) is 73.0 Å². The number of nitrogens with one attached hydrogen (secondary N) is 1. The Kier molecular flexibility index (Phi) is 5.35. The Hall–Kier alpha value is -3.12. The highest BCUT2D eigenvalue weighted by atomic mass is 35.5. The van der Waals surface area contributed by atoms with E-state index < -0.39 is 0 Å². The van der Waals surface area contributed by atoms with Crippen molar-refractivity contribution >= 4 is 28.3 Å². The fourth-order valence-electron chi connectivity index (χ4n) is 3.96. The SMILES string of the molecule is Cc1cc([C@@H](C)Nc2ccc(Cl)nc2C)c2oc(-c3cn(C)nc3C)c(C)c(=O)c2c1. The molecule has 0 unspecified atom stereocenters. The van der Waals surface area contributed by atoms with Crippen molar-refractivity contribution in [3.05, 3.63) is 73.9 Å². The van der Waals surface area contributed by atoms with Gasteiger partial charge in [-0.25, -0.2) is 4.98 Å². The first-order valence-electron chi connectivity index (χ1n) is 10.1. The fourth-order valence-corrected chi connectivity index (χ4v) is 4.15. The summed E-state index contributed by atoms with van der Waals surface area (Å²) < 4.78 is 8.14. The highest BCUT2D eigenvalue weighted by Gasteiger charge is 2.21. The molecule has 0 saturated heterocycles. The smallest absolute Gasteiger partial charge is 0.196 e. The largest absolute Gasteiger partial charge is 0.455 e. The Bertz CT molecular complexity index is 1370. The number of hydrogen-bond donors (Lipinski definition) is 1. The van der Waals surface area contributed by atoms with E-state index in [1.54, 1.807) is 17.7 Å². The van der Waals surface area contributed by atoms with E-state index in [1.807, 2.05) is 53.1 Å². The first-order chi connectivity index (χ1) is 14.7. The molecule has 0 aliphatic rings. The van der Waals surface area contributed by atoms with E-state index in [9.17, 15) is 4.79 Å². The summed E-state index contributed by atoms with van der Waals surface area (Å²) in [7, 11) is 1.86. The number of nitrogens with zero attached hydrogens (tertiary/aromatic N) is 3. The minimum atomic E-state index is -0.127. The quantitative estimate of drug-likeness (QED) is 0.418.